The first-order valence-electron chi connectivity index (χ1n) is 9.90. The molecule has 0 saturated carbocycles. The molecule has 2 atom stereocenters. The number of carbonyl (C=O) groups excluding carboxylic acids is 1. The maximum absolute atomic E-state index is 13.1. The van der Waals surface area contributed by atoms with Crippen molar-refractivity contribution in [1.29, 1.82) is 0 Å². The monoisotopic (exact) mass is 444 g/mol. The number of amides is 1. The van der Waals surface area contributed by atoms with Crippen molar-refractivity contribution in [1.82, 2.24) is 14.1 Å². The summed E-state index contributed by atoms with van der Waals surface area (Å²) in [5.74, 6) is -0.129. The van der Waals surface area contributed by atoms with Crippen LogP contribution in [0.4, 0.5) is 0 Å². The van der Waals surface area contributed by atoms with Crippen LogP contribution >= 0.6 is 0 Å². The van der Waals surface area contributed by atoms with E-state index in [1.165, 1.54) is 10.4 Å². The Morgan fingerprint density at radius 3 is 2.31 bits per heavy atom. The van der Waals surface area contributed by atoms with E-state index in [1.807, 2.05) is 20.9 Å². The molecule has 2 saturated heterocycles. The van der Waals surface area contributed by atoms with Crippen molar-refractivity contribution in [3.63, 3.8) is 0 Å². The first-order valence-corrected chi connectivity index (χ1v) is 11.3. The quantitative estimate of drug-likeness (QED) is 0.574. The van der Waals surface area contributed by atoms with E-state index < -0.39 is 10.0 Å². The van der Waals surface area contributed by atoms with E-state index in [4.69, 9.17) is 4.74 Å². The number of ether oxygens (including phenoxy) is 1. The van der Waals surface area contributed by atoms with Crippen molar-refractivity contribution >= 4 is 15.9 Å². The summed E-state index contributed by atoms with van der Waals surface area (Å²) in [5, 5.41) is 0. The van der Waals surface area contributed by atoms with Crippen molar-refractivity contribution in [2.24, 2.45) is 0 Å². The van der Waals surface area contributed by atoms with Crippen LogP contribution in [0.5, 0.6) is 0 Å². The van der Waals surface area contributed by atoms with E-state index >= 15 is 0 Å². The Morgan fingerprint density at radius 1 is 1.14 bits per heavy atom. The molecule has 0 spiro atoms. The van der Waals surface area contributed by atoms with Gasteiger partial charge < -0.3 is 26.9 Å². The van der Waals surface area contributed by atoms with E-state index in [0.717, 1.165) is 25.9 Å². The molecule has 164 valence electrons. The standard InChI is InChI=1S/C20H31N3O4S.ClH/c1-15-13-23(14-16(2)27-15)28(25,26)19-7-5-6-17(12-19)20(24)22(4)18-8-10-21(3)11-9-18;/h5-7,12,15-16,18H,8-11,13-14H2,1-4H3;1H/p-1. The Morgan fingerprint density at radius 2 is 1.72 bits per heavy atom. The molecule has 0 bridgehead atoms. The topological polar surface area (TPSA) is 70.2 Å². The summed E-state index contributed by atoms with van der Waals surface area (Å²) in [6.45, 7) is 6.30. The zero-order valence-corrected chi connectivity index (χ0v) is 19.1. The van der Waals surface area contributed by atoms with Gasteiger partial charge in [0.1, 0.15) is 0 Å². The summed E-state index contributed by atoms with van der Waals surface area (Å²) in [4.78, 5) is 17.2. The summed E-state index contributed by atoms with van der Waals surface area (Å²) < 4.78 is 33.3. The fourth-order valence-electron chi connectivity index (χ4n) is 4.02. The second kappa shape index (κ2) is 9.75. The fraction of sp³-hybridized carbons (Fsp3) is 0.650. The first kappa shape index (κ1) is 24.1. The molecule has 0 N–H and O–H groups in total. The van der Waals surface area contributed by atoms with Gasteiger partial charge in [-0.05, 0) is 65.0 Å². The number of piperidine rings is 1. The number of nitrogens with zero attached hydrogens (tertiary/aromatic N) is 3. The van der Waals surface area contributed by atoms with Gasteiger partial charge in [-0.2, -0.15) is 4.31 Å². The summed E-state index contributed by atoms with van der Waals surface area (Å²) in [6, 6.07) is 6.60. The Labute approximate surface area is 180 Å². The first-order chi connectivity index (χ1) is 13.2. The van der Waals surface area contributed by atoms with Crippen LogP contribution in [0.15, 0.2) is 29.2 Å². The molecule has 2 unspecified atom stereocenters. The van der Waals surface area contributed by atoms with Crippen molar-refractivity contribution in [3.8, 4) is 0 Å². The molecule has 3 rings (SSSR count). The predicted molar refractivity (Wildman–Crippen MR) is 108 cm³/mol. The summed E-state index contributed by atoms with van der Waals surface area (Å²) in [5.41, 5.74) is 0.414. The molecule has 2 fully saturated rings. The number of hydrogen-bond acceptors (Lipinski definition) is 5. The largest absolute Gasteiger partial charge is 1.00 e. The van der Waals surface area contributed by atoms with Gasteiger partial charge in [-0.15, -0.1) is 0 Å². The highest BCUT2D eigenvalue weighted by Gasteiger charge is 2.33. The minimum absolute atomic E-state index is 0. The van der Waals surface area contributed by atoms with Crippen molar-refractivity contribution in [2.75, 3.05) is 40.3 Å². The molecule has 29 heavy (non-hydrogen) atoms. The lowest BCUT2D eigenvalue weighted by molar-refractivity contribution is -0.0440. The number of halogens is 1. The van der Waals surface area contributed by atoms with Crippen LogP contribution < -0.4 is 12.4 Å². The smallest absolute Gasteiger partial charge is 0.253 e. The van der Waals surface area contributed by atoms with Crippen molar-refractivity contribution in [2.45, 2.75) is 49.8 Å². The molecule has 2 aliphatic rings. The Hall–Kier alpha value is -1.19. The predicted octanol–water partition coefficient (Wildman–Crippen LogP) is -1.35. The van der Waals surface area contributed by atoms with Gasteiger partial charge in [0.2, 0.25) is 10.0 Å². The average molecular weight is 445 g/mol. The minimum atomic E-state index is -3.67. The summed E-state index contributed by atoms with van der Waals surface area (Å²) >= 11 is 0. The number of carbonyl (C=O) groups is 1. The second-order valence-electron chi connectivity index (χ2n) is 8.06. The molecular formula is C20H31ClN3O4S-. The van der Waals surface area contributed by atoms with Gasteiger partial charge in [-0.25, -0.2) is 8.42 Å². The van der Waals surface area contributed by atoms with Crippen LogP contribution in [-0.2, 0) is 14.8 Å². The lowest BCUT2D eigenvalue weighted by Gasteiger charge is -2.35. The number of benzene rings is 1. The van der Waals surface area contributed by atoms with Crippen LogP contribution in [0.25, 0.3) is 0 Å². The molecule has 1 aromatic rings. The van der Waals surface area contributed by atoms with E-state index in [2.05, 4.69) is 11.9 Å². The third-order valence-corrected chi connectivity index (χ3v) is 7.49. The molecule has 7 nitrogen and oxygen atoms in total. The molecule has 1 amide bonds. The van der Waals surface area contributed by atoms with Gasteiger partial charge in [-0.1, -0.05) is 6.07 Å². The minimum Gasteiger partial charge on any atom is -1.00 e. The molecule has 2 aliphatic heterocycles. The van der Waals surface area contributed by atoms with Gasteiger partial charge in [0.05, 0.1) is 17.1 Å². The molecule has 0 aromatic heterocycles. The van der Waals surface area contributed by atoms with E-state index in [9.17, 15) is 13.2 Å². The van der Waals surface area contributed by atoms with Crippen LogP contribution in [0, 0.1) is 0 Å². The van der Waals surface area contributed by atoms with Crippen LogP contribution in [0.1, 0.15) is 37.0 Å². The maximum atomic E-state index is 13.1. The second-order valence-corrected chi connectivity index (χ2v) is 10.00. The number of hydrogen-bond donors (Lipinski definition) is 0. The number of rotatable bonds is 4. The van der Waals surface area contributed by atoms with Crippen LogP contribution in [0.3, 0.4) is 0 Å². The maximum Gasteiger partial charge on any atom is 0.253 e. The van der Waals surface area contributed by atoms with Crippen LogP contribution in [0.2, 0.25) is 0 Å². The van der Waals surface area contributed by atoms with Crippen molar-refractivity contribution in [3.05, 3.63) is 29.8 Å². The molecule has 1 aromatic carbocycles. The van der Waals surface area contributed by atoms with Gasteiger partial charge in [0.15, 0.2) is 0 Å². The highest BCUT2D eigenvalue weighted by molar-refractivity contribution is 7.89. The average Bonchev–Trinajstić information content (AvgIpc) is 2.67. The SMILES string of the molecule is CC1CN(S(=O)(=O)c2cccc(C(=O)N(C)C3CCN(C)CC3)c2)CC(C)O1.[Cl-]. The molecule has 0 aliphatic carbocycles. The highest BCUT2D eigenvalue weighted by atomic mass is 35.5. The summed E-state index contributed by atoms with van der Waals surface area (Å²) in [6.07, 6.45) is 1.55. The van der Waals surface area contributed by atoms with Gasteiger partial charge in [0.25, 0.3) is 5.91 Å². The number of likely N-dealkylation sites (tertiary alicyclic amines) is 1. The molecular weight excluding hydrogens is 414 g/mol. The van der Waals surface area contributed by atoms with Gasteiger partial charge in [-0.3, -0.25) is 4.79 Å². The lowest BCUT2D eigenvalue weighted by atomic mass is 10.0. The van der Waals surface area contributed by atoms with E-state index in [-0.39, 0.29) is 41.5 Å². The zero-order chi connectivity index (χ0) is 20.5. The molecule has 2 heterocycles. The van der Waals surface area contributed by atoms with Crippen molar-refractivity contribution < 1.29 is 30.4 Å². The highest BCUT2D eigenvalue weighted by Crippen LogP contribution is 2.23. The fourth-order valence-corrected chi connectivity index (χ4v) is 5.65. The van der Waals surface area contributed by atoms with Gasteiger partial charge >= 0.3 is 0 Å². The lowest BCUT2D eigenvalue weighted by Crippen LogP contribution is -3.00. The van der Waals surface area contributed by atoms with Crippen LogP contribution in [-0.4, -0.2) is 87.0 Å². The number of morpholine rings is 1. The third-order valence-electron chi connectivity index (χ3n) is 5.66. The molecule has 9 heteroatoms. The Balaban J connectivity index is 0.00000300. The summed E-state index contributed by atoms with van der Waals surface area (Å²) in [7, 11) is 0.228. The Kier molecular flexibility index (Phi) is 8.09. The third kappa shape index (κ3) is 5.49. The zero-order valence-electron chi connectivity index (χ0n) is 17.5. The normalized spacial score (nSPS) is 24.7. The van der Waals surface area contributed by atoms with E-state index in [0.29, 0.717) is 18.7 Å². The van der Waals surface area contributed by atoms with Gasteiger partial charge in [0, 0.05) is 31.7 Å². The number of sulfonamides is 1. The van der Waals surface area contributed by atoms with E-state index in [1.54, 1.807) is 23.1 Å². The molecule has 0 radical (unpaired) electrons. The Bertz CT molecular complexity index is 802.